The second-order valence-corrected chi connectivity index (χ2v) is 4.16. The zero-order chi connectivity index (χ0) is 12.9. The molecule has 0 aliphatic rings. The molecule has 6 nitrogen and oxygen atoms in total. The van der Waals surface area contributed by atoms with Gasteiger partial charge in [0.25, 0.3) is 0 Å². The lowest BCUT2D eigenvalue weighted by Gasteiger charge is -2.22. The summed E-state index contributed by atoms with van der Waals surface area (Å²) in [6.07, 6.45) is 0.380. The molecule has 94 valence electrons. The van der Waals surface area contributed by atoms with Gasteiger partial charge in [-0.25, -0.2) is 4.79 Å². The molecule has 0 aromatic rings. The van der Waals surface area contributed by atoms with E-state index in [-0.39, 0.29) is 5.92 Å². The highest BCUT2D eigenvalue weighted by Crippen LogP contribution is 2.12. The van der Waals surface area contributed by atoms with Crippen LogP contribution in [-0.4, -0.2) is 28.9 Å². The van der Waals surface area contributed by atoms with Gasteiger partial charge in [0.15, 0.2) is 0 Å². The van der Waals surface area contributed by atoms with Gasteiger partial charge in [0.1, 0.15) is 17.9 Å². The van der Waals surface area contributed by atoms with Crippen LogP contribution >= 0.6 is 11.9 Å². The van der Waals surface area contributed by atoms with E-state index >= 15 is 0 Å². The molecule has 0 aliphatic heterocycles. The SMILES string of the molecule is CC(C)CC(N)C(=O)OC(C)(O)C(=O)OCl. The molecular formula is C9H16ClNO5. The Morgan fingerprint density at radius 2 is 2.00 bits per heavy atom. The van der Waals surface area contributed by atoms with Crippen molar-refractivity contribution in [2.45, 2.75) is 39.0 Å². The molecule has 0 rings (SSSR count). The highest BCUT2D eigenvalue weighted by molar-refractivity contribution is 6.14. The average Bonchev–Trinajstić information content (AvgIpc) is 2.14. The number of carbonyl (C=O) groups is 2. The van der Waals surface area contributed by atoms with Crippen molar-refractivity contribution in [3.63, 3.8) is 0 Å². The van der Waals surface area contributed by atoms with Gasteiger partial charge in [-0.3, -0.25) is 4.79 Å². The topological polar surface area (TPSA) is 98.9 Å². The van der Waals surface area contributed by atoms with Crippen molar-refractivity contribution in [3.05, 3.63) is 0 Å². The minimum Gasteiger partial charge on any atom is -0.420 e. The normalized spacial score (nSPS) is 16.4. The molecule has 0 fully saturated rings. The van der Waals surface area contributed by atoms with Crippen molar-refractivity contribution < 1.29 is 23.7 Å². The van der Waals surface area contributed by atoms with E-state index in [9.17, 15) is 14.7 Å². The summed E-state index contributed by atoms with van der Waals surface area (Å²) < 4.78 is 8.23. The molecule has 0 saturated heterocycles. The standard InChI is InChI=1S/C9H16ClNO5/c1-5(2)4-6(11)7(12)15-9(3,14)8(13)16-10/h5-6,14H,4,11H2,1-3H3. The van der Waals surface area contributed by atoms with Crippen LogP contribution in [0.25, 0.3) is 0 Å². The van der Waals surface area contributed by atoms with E-state index in [1.165, 1.54) is 0 Å². The fourth-order valence-electron chi connectivity index (χ4n) is 0.989. The summed E-state index contributed by atoms with van der Waals surface area (Å²) in [6, 6.07) is -0.908. The second kappa shape index (κ2) is 6.03. The third-order valence-corrected chi connectivity index (χ3v) is 1.92. The van der Waals surface area contributed by atoms with Crippen LogP contribution in [0, 0.1) is 5.92 Å². The van der Waals surface area contributed by atoms with Crippen molar-refractivity contribution in [2.75, 3.05) is 0 Å². The first kappa shape index (κ1) is 15.2. The van der Waals surface area contributed by atoms with Crippen LogP contribution in [0.3, 0.4) is 0 Å². The monoisotopic (exact) mass is 253 g/mol. The van der Waals surface area contributed by atoms with Crippen LogP contribution < -0.4 is 5.73 Å². The molecular weight excluding hydrogens is 238 g/mol. The maximum Gasteiger partial charge on any atom is 0.397 e. The Bertz CT molecular complexity index is 267. The first-order chi connectivity index (χ1) is 7.20. The summed E-state index contributed by atoms with van der Waals surface area (Å²) in [5.74, 6) is -4.40. The van der Waals surface area contributed by atoms with Crippen molar-refractivity contribution in [3.8, 4) is 0 Å². The first-order valence-electron chi connectivity index (χ1n) is 4.74. The fraction of sp³-hybridized carbons (Fsp3) is 0.778. The molecule has 3 N–H and O–H groups in total. The summed E-state index contributed by atoms with van der Waals surface area (Å²) >= 11 is 4.75. The summed E-state index contributed by atoms with van der Waals surface area (Å²) in [5.41, 5.74) is 5.50. The lowest BCUT2D eigenvalue weighted by atomic mass is 10.0. The number of hydrogen-bond acceptors (Lipinski definition) is 6. The van der Waals surface area contributed by atoms with Gasteiger partial charge in [-0.15, -0.1) is 0 Å². The maximum atomic E-state index is 11.4. The van der Waals surface area contributed by atoms with Gasteiger partial charge in [0, 0.05) is 6.92 Å². The third-order valence-electron chi connectivity index (χ3n) is 1.78. The second-order valence-electron chi connectivity index (χ2n) is 4.00. The smallest absolute Gasteiger partial charge is 0.397 e. The summed E-state index contributed by atoms with van der Waals surface area (Å²) in [5, 5.41) is 9.38. The zero-order valence-electron chi connectivity index (χ0n) is 9.40. The maximum absolute atomic E-state index is 11.4. The quantitative estimate of drug-likeness (QED) is 0.540. The van der Waals surface area contributed by atoms with Gasteiger partial charge < -0.3 is 19.9 Å². The molecule has 2 atom stereocenters. The Labute approximate surface area is 98.8 Å². The molecule has 0 bridgehead atoms. The van der Waals surface area contributed by atoms with Gasteiger partial charge in [0.2, 0.25) is 0 Å². The van der Waals surface area contributed by atoms with Crippen LogP contribution in [-0.2, 0) is 18.6 Å². The Morgan fingerprint density at radius 3 is 2.38 bits per heavy atom. The minimum atomic E-state index is -2.42. The van der Waals surface area contributed by atoms with Gasteiger partial charge in [-0.2, -0.15) is 0 Å². The number of halogens is 1. The van der Waals surface area contributed by atoms with E-state index in [1.54, 1.807) is 0 Å². The lowest BCUT2D eigenvalue weighted by Crippen LogP contribution is -2.45. The average molecular weight is 254 g/mol. The highest BCUT2D eigenvalue weighted by atomic mass is 35.5. The molecule has 0 radical (unpaired) electrons. The van der Waals surface area contributed by atoms with E-state index in [4.69, 9.17) is 17.6 Å². The largest absolute Gasteiger partial charge is 0.420 e. The molecule has 7 heteroatoms. The van der Waals surface area contributed by atoms with Gasteiger partial charge in [-0.1, -0.05) is 13.8 Å². The van der Waals surface area contributed by atoms with Crippen molar-refractivity contribution >= 4 is 23.8 Å². The number of esters is 1. The van der Waals surface area contributed by atoms with Gasteiger partial charge >= 0.3 is 17.7 Å². The number of nitrogens with two attached hydrogens (primary N) is 1. The molecule has 0 aliphatic carbocycles. The number of hydrogen-bond donors (Lipinski definition) is 2. The van der Waals surface area contributed by atoms with Crippen LogP contribution in [0.2, 0.25) is 0 Å². The number of aliphatic hydroxyl groups is 1. The number of ether oxygens (including phenoxy) is 1. The van der Waals surface area contributed by atoms with Crippen molar-refractivity contribution in [1.29, 1.82) is 0 Å². The molecule has 0 saturated carbocycles. The Balaban J connectivity index is 4.38. The zero-order valence-corrected chi connectivity index (χ0v) is 10.2. The van der Waals surface area contributed by atoms with Gasteiger partial charge in [-0.05, 0) is 12.3 Å². The van der Waals surface area contributed by atoms with E-state index < -0.39 is 23.8 Å². The molecule has 0 heterocycles. The fourth-order valence-corrected chi connectivity index (χ4v) is 1.13. The molecule has 0 amide bonds. The molecule has 0 aromatic heterocycles. The summed E-state index contributed by atoms with van der Waals surface area (Å²) in [7, 11) is 0. The van der Waals surface area contributed by atoms with E-state index in [0.29, 0.717) is 6.42 Å². The highest BCUT2D eigenvalue weighted by Gasteiger charge is 2.38. The molecule has 0 spiro atoms. The van der Waals surface area contributed by atoms with Gasteiger partial charge in [0.05, 0.1) is 0 Å². The summed E-state index contributed by atoms with van der Waals surface area (Å²) in [6.45, 7) is 4.69. The van der Waals surface area contributed by atoms with Crippen molar-refractivity contribution in [1.82, 2.24) is 0 Å². The Kier molecular flexibility index (Phi) is 5.71. The Hall–Kier alpha value is -0.850. The summed E-state index contributed by atoms with van der Waals surface area (Å²) in [4.78, 5) is 22.2. The van der Waals surface area contributed by atoms with E-state index in [1.807, 2.05) is 13.8 Å². The van der Waals surface area contributed by atoms with Crippen LogP contribution in [0.1, 0.15) is 27.2 Å². The van der Waals surface area contributed by atoms with Crippen LogP contribution in [0.15, 0.2) is 0 Å². The lowest BCUT2D eigenvalue weighted by molar-refractivity contribution is -0.216. The number of carbonyl (C=O) groups excluding carboxylic acids is 2. The molecule has 16 heavy (non-hydrogen) atoms. The predicted molar refractivity (Wildman–Crippen MR) is 56.1 cm³/mol. The van der Waals surface area contributed by atoms with Crippen LogP contribution in [0.4, 0.5) is 0 Å². The molecule has 2 unspecified atom stereocenters. The van der Waals surface area contributed by atoms with E-state index in [2.05, 4.69) is 9.03 Å². The Morgan fingerprint density at radius 1 is 1.50 bits per heavy atom. The molecule has 0 aromatic carbocycles. The van der Waals surface area contributed by atoms with Crippen LogP contribution in [0.5, 0.6) is 0 Å². The van der Waals surface area contributed by atoms with E-state index in [0.717, 1.165) is 6.92 Å². The van der Waals surface area contributed by atoms with Crippen molar-refractivity contribution in [2.24, 2.45) is 11.7 Å². The minimum absolute atomic E-state index is 0.187. The number of rotatable bonds is 5. The third kappa shape index (κ3) is 4.78. The predicted octanol–water partition coefficient (Wildman–Crippen LogP) is 0.309. The first-order valence-corrected chi connectivity index (χ1v) is 5.05.